The summed E-state index contributed by atoms with van der Waals surface area (Å²) in [4.78, 5) is 12.3. The Bertz CT molecular complexity index is 1240. The van der Waals surface area contributed by atoms with E-state index in [1.54, 1.807) is 25.5 Å². The lowest BCUT2D eigenvalue weighted by Crippen LogP contribution is -2.16. The molecule has 7 heteroatoms. The maximum absolute atomic E-state index is 12.3. The molecule has 0 aliphatic heterocycles. The zero-order valence-electron chi connectivity index (χ0n) is 16.8. The third-order valence-corrected chi connectivity index (χ3v) is 5.11. The molecule has 0 radical (unpaired) electrons. The van der Waals surface area contributed by atoms with Crippen molar-refractivity contribution in [2.75, 3.05) is 7.11 Å². The van der Waals surface area contributed by atoms with Crippen molar-refractivity contribution in [3.05, 3.63) is 82.3 Å². The number of hydrazone groups is 1. The molecular formula is C23H20ClN3O3. The van der Waals surface area contributed by atoms with Crippen LogP contribution in [-0.4, -0.2) is 23.8 Å². The van der Waals surface area contributed by atoms with Gasteiger partial charge in [0.25, 0.3) is 0 Å². The van der Waals surface area contributed by atoms with Crippen molar-refractivity contribution in [3.8, 4) is 11.4 Å². The molecule has 0 aliphatic carbocycles. The van der Waals surface area contributed by atoms with Crippen molar-refractivity contribution in [1.29, 1.82) is 0 Å². The molecule has 6 nitrogen and oxygen atoms in total. The molecule has 0 bridgehead atoms. The predicted octanol–water partition coefficient (Wildman–Crippen LogP) is 5.27. The number of nitrogens with one attached hydrogen (secondary N) is 1. The first-order chi connectivity index (χ1) is 14.5. The Morgan fingerprint density at radius 2 is 1.97 bits per heavy atom. The van der Waals surface area contributed by atoms with Crippen LogP contribution >= 0.6 is 11.6 Å². The van der Waals surface area contributed by atoms with Gasteiger partial charge in [-0.3, -0.25) is 4.79 Å². The topological polar surface area (TPSA) is 68.8 Å². The summed E-state index contributed by atoms with van der Waals surface area (Å²) >= 11 is 6.19. The molecule has 1 amide bonds. The van der Waals surface area contributed by atoms with Crippen molar-refractivity contribution in [2.45, 2.75) is 13.8 Å². The second-order valence-electron chi connectivity index (χ2n) is 6.83. The van der Waals surface area contributed by atoms with E-state index in [9.17, 15) is 4.79 Å². The van der Waals surface area contributed by atoms with Gasteiger partial charge >= 0.3 is 5.91 Å². The molecule has 0 unspecified atom stereocenters. The number of aromatic nitrogens is 1. The predicted molar refractivity (Wildman–Crippen MR) is 118 cm³/mol. The fourth-order valence-corrected chi connectivity index (χ4v) is 3.60. The number of para-hydroxylation sites is 1. The van der Waals surface area contributed by atoms with E-state index in [1.807, 2.05) is 60.9 Å². The number of amides is 1. The molecule has 152 valence electrons. The average molecular weight is 422 g/mol. The van der Waals surface area contributed by atoms with E-state index in [4.69, 9.17) is 20.8 Å². The second kappa shape index (κ2) is 8.08. The molecule has 30 heavy (non-hydrogen) atoms. The van der Waals surface area contributed by atoms with Gasteiger partial charge in [-0.25, -0.2) is 5.43 Å². The van der Waals surface area contributed by atoms with Crippen molar-refractivity contribution < 1.29 is 13.9 Å². The zero-order valence-corrected chi connectivity index (χ0v) is 17.5. The average Bonchev–Trinajstić information content (AvgIpc) is 3.29. The van der Waals surface area contributed by atoms with Crippen LogP contribution in [0.4, 0.5) is 0 Å². The summed E-state index contributed by atoms with van der Waals surface area (Å²) in [5.74, 6) is 0.512. The summed E-state index contributed by atoms with van der Waals surface area (Å²) in [6.45, 7) is 3.95. The highest BCUT2D eigenvalue weighted by molar-refractivity contribution is 6.30. The van der Waals surface area contributed by atoms with Crippen molar-refractivity contribution in [2.24, 2.45) is 5.10 Å². The Hall–Kier alpha value is -3.51. The van der Waals surface area contributed by atoms with Gasteiger partial charge in [-0.15, -0.1) is 0 Å². The van der Waals surface area contributed by atoms with Gasteiger partial charge < -0.3 is 13.7 Å². The lowest BCUT2D eigenvalue weighted by Gasteiger charge is -2.14. The van der Waals surface area contributed by atoms with Crippen LogP contribution < -0.4 is 10.2 Å². The minimum Gasteiger partial charge on any atom is -0.495 e. The van der Waals surface area contributed by atoms with E-state index in [0.717, 1.165) is 28.0 Å². The number of carbonyl (C=O) groups excluding carboxylic acids is 1. The van der Waals surface area contributed by atoms with Crippen molar-refractivity contribution in [1.82, 2.24) is 9.99 Å². The highest BCUT2D eigenvalue weighted by atomic mass is 35.5. The summed E-state index contributed by atoms with van der Waals surface area (Å²) in [6.07, 6.45) is 1.61. The third kappa shape index (κ3) is 3.69. The van der Waals surface area contributed by atoms with Crippen LogP contribution in [0.25, 0.3) is 16.7 Å². The number of benzene rings is 2. The molecule has 4 aromatic rings. The Morgan fingerprint density at radius 1 is 1.17 bits per heavy atom. The van der Waals surface area contributed by atoms with Gasteiger partial charge in [0.1, 0.15) is 11.3 Å². The van der Waals surface area contributed by atoms with Gasteiger partial charge in [0.15, 0.2) is 5.76 Å². The number of methoxy groups -OCH3 is 1. The van der Waals surface area contributed by atoms with Crippen molar-refractivity contribution >= 4 is 34.7 Å². The molecule has 2 heterocycles. The van der Waals surface area contributed by atoms with E-state index in [2.05, 4.69) is 10.5 Å². The fourth-order valence-electron chi connectivity index (χ4n) is 3.44. The number of rotatable bonds is 5. The van der Waals surface area contributed by atoms with Crippen LogP contribution in [0.1, 0.15) is 27.5 Å². The number of aryl methyl sites for hydroxylation is 1. The molecule has 1 N–H and O–H groups in total. The third-order valence-electron chi connectivity index (χ3n) is 4.87. The highest BCUT2D eigenvalue weighted by Crippen LogP contribution is 2.30. The molecular weight excluding hydrogens is 402 g/mol. The SMILES string of the molecule is COc1ccc(Cl)cc1-n1c(C)cc(/C=N/NC(=O)c2cc3ccccc3o2)c1C. The van der Waals surface area contributed by atoms with Crippen LogP contribution in [-0.2, 0) is 0 Å². The minimum absolute atomic E-state index is 0.211. The van der Waals surface area contributed by atoms with Crippen LogP contribution in [0, 0.1) is 13.8 Å². The Kier molecular flexibility index (Phi) is 5.33. The van der Waals surface area contributed by atoms with Crippen molar-refractivity contribution in [3.63, 3.8) is 0 Å². The largest absolute Gasteiger partial charge is 0.495 e. The number of ether oxygens (including phenoxy) is 1. The Labute approximate surface area is 178 Å². The second-order valence-corrected chi connectivity index (χ2v) is 7.26. The molecule has 2 aromatic carbocycles. The first-order valence-corrected chi connectivity index (χ1v) is 9.70. The maximum atomic E-state index is 12.3. The molecule has 0 saturated carbocycles. The van der Waals surface area contributed by atoms with E-state index in [1.165, 1.54) is 0 Å². The monoisotopic (exact) mass is 421 g/mol. The smallest absolute Gasteiger partial charge is 0.307 e. The van der Waals surface area contributed by atoms with Crippen LogP contribution in [0.15, 0.2) is 64.1 Å². The molecule has 0 saturated heterocycles. The molecule has 0 fully saturated rings. The zero-order chi connectivity index (χ0) is 21.3. The first-order valence-electron chi connectivity index (χ1n) is 9.33. The lowest BCUT2D eigenvalue weighted by molar-refractivity contribution is 0.0929. The molecule has 4 rings (SSSR count). The quantitative estimate of drug-likeness (QED) is 0.352. The molecule has 2 aromatic heterocycles. The number of hydrogen-bond acceptors (Lipinski definition) is 4. The maximum Gasteiger partial charge on any atom is 0.307 e. The van der Waals surface area contributed by atoms with E-state index >= 15 is 0 Å². The van der Waals surface area contributed by atoms with Gasteiger partial charge in [0, 0.05) is 27.4 Å². The summed E-state index contributed by atoms with van der Waals surface area (Å²) in [5.41, 5.74) is 6.80. The first kappa shape index (κ1) is 19.8. The summed E-state index contributed by atoms with van der Waals surface area (Å²) in [5, 5.41) is 5.59. The standard InChI is InChI=1S/C23H20ClN3O3/c1-14-10-17(15(2)27(14)19-12-18(24)8-9-21(19)29-3)13-25-26-23(28)22-11-16-6-4-5-7-20(16)30-22/h4-13H,1-3H3,(H,26,28)/b25-13+. The molecule has 0 spiro atoms. The molecule has 0 aliphatic rings. The number of hydrogen-bond donors (Lipinski definition) is 1. The van der Waals surface area contributed by atoms with E-state index in [0.29, 0.717) is 16.4 Å². The number of fused-ring (bicyclic) bond motifs is 1. The Balaban J connectivity index is 1.57. The number of halogens is 1. The van der Waals surface area contributed by atoms with Crippen LogP contribution in [0.2, 0.25) is 5.02 Å². The van der Waals surface area contributed by atoms with Gasteiger partial charge in [-0.2, -0.15) is 5.10 Å². The van der Waals surface area contributed by atoms with E-state index in [-0.39, 0.29) is 5.76 Å². The summed E-state index contributed by atoms with van der Waals surface area (Å²) < 4.78 is 13.1. The Morgan fingerprint density at radius 3 is 2.73 bits per heavy atom. The summed E-state index contributed by atoms with van der Waals surface area (Å²) in [6, 6.07) is 16.6. The number of carbonyl (C=O) groups is 1. The van der Waals surface area contributed by atoms with Gasteiger partial charge in [0.2, 0.25) is 0 Å². The minimum atomic E-state index is -0.409. The fraction of sp³-hybridized carbons (Fsp3) is 0.130. The molecule has 0 atom stereocenters. The lowest BCUT2D eigenvalue weighted by atomic mass is 10.2. The van der Waals surface area contributed by atoms with E-state index < -0.39 is 5.91 Å². The number of nitrogens with zero attached hydrogens (tertiary/aromatic N) is 2. The summed E-state index contributed by atoms with van der Waals surface area (Å²) in [7, 11) is 1.62. The number of furan rings is 1. The van der Waals surface area contributed by atoms with Crippen LogP contribution in [0.3, 0.4) is 0 Å². The van der Waals surface area contributed by atoms with Gasteiger partial charge in [-0.1, -0.05) is 29.8 Å². The van der Waals surface area contributed by atoms with Crippen LogP contribution in [0.5, 0.6) is 5.75 Å². The normalized spacial score (nSPS) is 11.3. The van der Waals surface area contributed by atoms with Gasteiger partial charge in [-0.05, 0) is 50.2 Å². The van der Waals surface area contributed by atoms with Gasteiger partial charge in [0.05, 0.1) is 19.0 Å². The highest BCUT2D eigenvalue weighted by Gasteiger charge is 2.15.